The number of nitrogens with two attached hydrogens (primary N) is 2. The minimum Gasteiger partial charge on any atom is -0.463 e. The molecule has 0 bridgehead atoms. The average molecular weight is 308 g/mol. The molecule has 0 aliphatic rings. The Kier molecular flexibility index (Phi) is 6.70. The molecular weight excluding hydrogens is 288 g/mol. The summed E-state index contributed by atoms with van der Waals surface area (Å²) in [7, 11) is 0. The van der Waals surface area contributed by atoms with E-state index in [2.05, 4.69) is 14.2 Å². The zero-order valence-electron chi connectivity index (χ0n) is 12.0. The maximum absolute atomic E-state index is 11.6. The van der Waals surface area contributed by atoms with Gasteiger partial charge in [0.25, 0.3) is 5.91 Å². The van der Waals surface area contributed by atoms with E-state index in [0.29, 0.717) is 0 Å². The molecule has 10 heteroatoms. The Morgan fingerprint density at radius 3 is 2.19 bits per heavy atom. The fourth-order valence-electron chi connectivity index (χ4n) is 1.31. The number of hydrogen-bond acceptors (Lipinski definition) is 10. The van der Waals surface area contributed by atoms with Crippen molar-refractivity contribution in [3.63, 3.8) is 0 Å². The molecule has 0 radical (unpaired) electrons. The van der Waals surface area contributed by atoms with Gasteiger partial charge in [0.1, 0.15) is 0 Å². The minimum atomic E-state index is -2.78. The molecule has 0 saturated heterocycles. The van der Waals surface area contributed by atoms with Gasteiger partial charge in [-0.3, -0.25) is 16.3 Å². The highest BCUT2D eigenvalue weighted by atomic mass is 16.7. The first-order valence-corrected chi connectivity index (χ1v) is 6.01. The van der Waals surface area contributed by atoms with Crippen LogP contribution in [0.25, 0.3) is 0 Å². The molecule has 0 aliphatic heterocycles. The van der Waals surface area contributed by atoms with Crippen molar-refractivity contribution in [2.75, 3.05) is 6.61 Å². The number of carbonyl (C=O) groups excluding carboxylic acids is 3. The predicted molar refractivity (Wildman–Crippen MR) is 66.8 cm³/mol. The van der Waals surface area contributed by atoms with Crippen LogP contribution in [0.1, 0.15) is 27.2 Å². The van der Waals surface area contributed by atoms with Gasteiger partial charge in [0.15, 0.2) is 6.10 Å². The van der Waals surface area contributed by atoms with Crippen molar-refractivity contribution in [2.45, 2.75) is 44.9 Å². The van der Waals surface area contributed by atoms with Crippen LogP contribution in [0.15, 0.2) is 0 Å². The lowest BCUT2D eigenvalue weighted by molar-refractivity contribution is -0.229. The zero-order chi connectivity index (χ0) is 16.8. The second-order valence-corrected chi connectivity index (χ2v) is 4.34. The molecule has 6 N–H and O–H groups in total. The van der Waals surface area contributed by atoms with Gasteiger partial charge >= 0.3 is 17.9 Å². The minimum absolute atomic E-state index is 0.0720. The third-order valence-electron chi connectivity index (χ3n) is 2.10. The number of esters is 3. The van der Waals surface area contributed by atoms with Crippen LogP contribution in [-0.2, 0) is 28.6 Å². The first kappa shape index (κ1) is 19.2. The van der Waals surface area contributed by atoms with Crippen LogP contribution in [0.2, 0.25) is 0 Å². The van der Waals surface area contributed by atoms with Gasteiger partial charge in [0.05, 0.1) is 13.0 Å². The molecule has 21 heavy (non-hydrogen) atoms. The second-order valence-electron chi connectivity index (χ2n) is 4.34. The summed E-state index contributed by atoms with van der Waals surface area (Å²) in [5.74, 6) is -5.92. The Balaban J connectivity index is 4.72. The Bertz CT molecular complexity index is 407. The molecule has 0 amide bonds. The highest BCUT2D eigenvalue weighted by molar-refractivity contribution is 5.83. The Morgan fingerprint density at radius 1 is 1.24 bits per heavy atom. The zero-order valence-corrected chi connectivity index (χ0v) is 12.0. The van der Waals surface area contributed by atoms with E-state index in [1.54, 1.807) is 6.92 Å². The molecule has 0 spiro atoms. The SMILES string of the molecule is CCOC(=O)C(C)OC(=O)C(N)(O)CC(N)(O)OC(C)=O. The average Bonchev–Trinajstić information content (AvgIpc) is 2.25. The number of aliphatic hydroxyl groups is 2. The Morgan fingerprint density at radius 2 is 1.76 bits per heavy atom. The maximum Gasteiger partial charge on any atom is 0.354 e. The van der Waals surface area contributed by atoms with E-state index in [0.717, 1.165) is 6.92 Å². The molecule has 0 aromatic carbocycles. The van der Waals surface area contributed by atoms with E-state index in [-0.39, 0.29) is 6.61 Å². The number of ether oxygens (including phenoxy) is 3. The van der Waals surface area contributed by atoms with Gasteiger partial charge in [-0.1, -0.05) is 0 Å². The summed E-state index contributed by atoms with van der Waals surface area (Å²) in [5, 5.41) is 19.2. The van der Waals surface area contributed by atoms with Gasteiger partial charge < -0.3 is 24.4 Å². The molecule has 0 aromatic heterocycles. The van der Waals surface area contributed by atoms with E-state index < -0.39 is 42.1 Å². The van der Waals surface area contributed by atoms with E-state index in [1.165, 1.54) is 6.92 Å². The van der Waals surface area contributed by atoms with Crippen LogP contribution in [0.3, 0.4) is 0 Å². The molecule has 122 valence electrons. The smallest absolute Gasteiger partial charge is 0.354 e. The quantitative estimate of drug-likeness (QED) is 0.227. The van der Waals surface area contributed by atoms with Gasteiger partial charge in [-0.05, 0) is 13.8 Å². The van der Waals surface area contributed by atoms with Crippen LogP contribution in [0, 0.1) is 0 Å². The van der Waals surface area contributed by atoms with Crippen LogP contribution in [0.4, 0.5) is 0 Å². The molecule has 0 saturated carbocycles. The van der Waals surface area contributed by atoms with Crippen LogP contribution in [0.5, 0.6) is 0 Å². The monoisotopic (exact) mass is 308 g/mol. The summed E-state index contributed by atoms with van der Waals surface area (Å²) in [6.45, 7) is 3.78. The van der Waals surface area contributed by atoms with Crippen molar-refractivity contribution in [2.24, 2.45) is 11.5 Å². The molecule has 10 nitrogen and oxygen atoms in total. The van der Waals surface area contributed by atoms with E-state index in [4.69, 9.17) is 11.5 Å². The Labute approximate surface area is 120 Å². The number of hydrogen-bond donors (Lipinski definition) is 4. The highest BCUT2D eigenvalue weighted by Gasteiger charge is 2.44. The lowest BCUT2D eigenvalue weighted by Gasteiger charge is -2.30. The third-order valence-corrected chi connectivity index (χ3v) is 2.10. The molecule has 3 atom stereocenters. The van der Waals surface area contributed by atoms with Crippen molar-refractivity contribution in [1.29, 1.82) is 0 Å². The first-order chi connectivity index (χ1) is 9.41. The molecule has 0 aliphatic carbocycles. The van der Waals surface area contributed by atoms with Crippen LogP contribution in [-0.4, -0.2) is 52.5 Å². The number of rotatable bonds is 7. The Hall–Kier alpha value is -1.75. The summed E-state index contributed by atoms with van der Waals surface area (Å²) in [6, 6.07) is 0. The van der Waals surface area contributed by atoms with Gasteiger partial charge in [0.2, 0.25) is 5.72 Å². The molecular formula is C11H20N2O8. The molecule has 0 fully saturated rings. The van der Waals surface area contributed by atoms with Crippen molar-refractivity contribution in [3.8, 4) is 0 Å². The lowest BCUT2D eigenvalue weighted by Crippen LogP contribution is -2.59. The van der Waals surface area contributed by atoms with Gasteiger partial charge in [-0.2, -0.15) is 0 Å². The summed E-state index contributed by atoms with van der Waals surface area (Å²) < 4.78 is 13.4. The topological polar surface area (TPSA) is 171 Å². The summed E-state index contributed by atoms with van der Waals surface area (Å²) in [5.41, 5.74) is 7.62. The fourth-order valence-corrected chi connectivity index (χ4v) is 1.31. The fraction of sp³-hybridized carbons (Fsp3) is 0.727. The van der Waals surface area contributed by atoms with Gasteiger partial charge in [-0.25, -0.2) is 9.59 Å². The van der Waals surface area contributed by atoms with Gasteiger partial charge in [-0.15, -0.1) is 0 Å². The van der Waals surface area contributed by atoms with Crippen molar-refractivity contribution in [1.82, 2.24) is 0 Å². The lowest BCUT2D eigenvalue weighted by atomic mass is 10.1. The van der Waals surface area contributed by atoms with Crippen molar-refractivity contribution < 1.29 is 38.8 Å². The molecule has 3 unspecified atom stereocenters. The van der Waals surface area contributed by atoms with Crippen molar-refractivity contribution >= 4 is 17.9 Å². The largest absolute Gasteiger partial charge is 0.463 e. The van der Waals surface area contributed by atoms with Crippen molar-refractivity contribution in [3.05, 3.63) is 0 Å². The van der Waals surface area contributed by atoms with Crippen LogP contribution >= 0.6 is 0 Å². The summed E-state index contributed by atoms with van der Waals surface area (Å²) >= 11 is 0. The first-order valence-electron chi connectivity index (χ1n) is 6.01. The highest BCUT2D eigenvalue weighted by Crippen LogP contribution is 2.16. The predicted octanol–water partition coefficient (Wildman–Crippen LogP) is -2.31. The normalized spacial score (nSPS) is 17.9. The summed E-state index contributed by atoms with van der Waals surface area (Å²) in [4.78, 5) is 33.6. The standard InChI is InChI=1S/C11H20N2O8/c1-4-19-8(15)6(2)20-9(16)10(12,17)5-11(13,18)21-7(3)14/h6,17-18H,4-5,12-13H2,1-3H3. The third kappa shape index (κ3) is 6.99. The second kappa shape index (κ2) is 7.31. The summed E-state index contributed by atoms with van der Waals surface area (Å²) in [6.07, 6.45) is -2.39. The van der Waals surface area contributed by atoms with E-state index in [1.807, 2.05) is 0 Å². The van der Waals surface area contributed by atoms with Crippen LogP contribution < -0.4 is 11.5 Å². The molecule has 0 heterocycles. The number of carbonyl (C=O) groups is 3. The van der Waals surface area contributed by atoms with E-state index in [9.17, 15) is 24.6 Å². The molecule has 0 rings (SSSR count). The van der Waals surface area contributed by atoms with E-state index >= 15 is 0 Å². The van der Waals surface area contributed by atoms with Gasteiger partial charge in [0, 0.05) is 6.92 Å². The maximum atomic E-state index is 11.6. The molecule has 0 aromatic rings.